The molecule has 1 aliphatic rings. The Balaban J connectivity index is 1.58. The Kier molecular flexibility index (Phi) is 3.51. The molecule has 1 aromatic heterocycles. The third-order valence-corrected chi connectivity index (χ3v) is 4.54. The van der Waals surface area contributed by atoms with Gasteiger partial charge in [0.15, 0.2) is 0 Å². The van der Waals surface area contributed by atoms with Crippen LogP contribution in [0.25, 0.3) is 16.7 Å². The summed E-state index contributed by atoms with van der Waals surface area (Å²) in [7, 11) is 0. The number of benzene rings is 2. The van der Waals surface area contributed by atoms with Crippen molar-refractivity contribution in [1.82, 2.24) is 20.2 Å². The highest BCUT2D eigenvalue weighted by atomic mass is 16.2. The number of nitrogens with zero attached hydrogens (tertiary/aromatic N) is 2. The number of carbonyl (C=O) groups excluding carboxylic acids is 2. The number of primary amides is 1. The van der Waals surface area contributed by atoms with Gasteiger partial charge < -0.3 is 16.4 Å². The fraction of sp³-hybridized carbons (Fsp3) is 0.167. The number of rotatable bonds is 4. The number of carbonyl (C=O) groups is 2. The summed E-state index contributed by atoms with van der Waals surface area (Å²) in [5.41, 5.74) is 7.68. The van der Waals surface area contributed by atoms with Crippen molar-refractivity contribution in [2.45, 2.75) is 5.54 Å². The number of aromatic nitrogens is 2. The predicted octanol–water partition coefficient (Wildman–Crippen LogP) is 0.583. The van der Waals surface area contributed by atoms with E-state index in [0.717, 1.165) is 16.7 Å². The summed E-state index contributed by atoms with van der Waals surface area (Å²) in [6.07, 6.45) is 1.75. The first-order valence-electron chi connectivity index (χ1n) is 7.95. The molecule has 1 aliphatic heterocycles. The topological polar surface area (TPSA) is 102 Å². The van der Waals surface area contributed by atoms with Crippen LogP contribution in [0.3, 0.4) is 0 Å². The van der Waals surface area contributed by atoms with Crippen LogP contribution in [0.5, 0.6) is 0 Å². The average molecular weight is 335 g/mol. The second-order valence-corrected chi connectivity index (χ2v) is 6.15. The van der Waals surface area contributed by atoms with Gasteiger partial charge in [0.25, 0.3) is 5.91 Å². The van der Waals surface area contributed by atoms with Crippen LogP contribution in [0.4, 0.5) is 0 Å². The van der Waals surface area contributed by atoms with Crippen LogP contribution in [-0.2, 0) is 4.79 Å². The van der Waals surface area contributed by atoms with Gasteiger partial charge in [-0.2, -0.15) is 0 Å². The van der Waals surface area contributed by atoms with E-state index < -0.39 is 11.4 Å². The van der Waals surface area contributed by atoms with Crippen molar-refractivity contribution >= 4 is 22.8 Å². The summed E-state index contributed by atoms with van der Waals surface area (Å²) >= 11 is 0. The molecule has 7 heteroatoms. The molecule has 0 saturated carbocycles. The molecular formula is C18H17N5O2. The number of nitrogens with one attached hydrogen (secondary N) is 2. The number of hydrogen-bond donors (Lipinski definition) is 3. The Morgan fingerprint density at radius 3 is 2.48 bits per heavy atom. The van der Waals surface area contributed by atoms with Gasteiger partial charge in [0.1, 0.15) is 11.9 Å². The minimum Gasteiger partial charge on any atom is -0.368 e. The van der Waals surface area contributed by atoms with Gasteiger partial charge in [0.05, 0.1) is 11.0 Å². The molecule has 3 aromatic rings. The minimum atomic E-state index is -0.990. The van der Waals surface area contributed by atoms with Gasteiger partial charge in [0, 0.05) is 24.3 Å². The molecule has 126 valence electrons. The Morgan fingerprint density at radius 1 is 1.12 bits per heavy atom. The van der Waals surface area contributed by atoms with Crippen molar-refractivity contribution in [1.29, 1.82) is 0 Å². The van der Waals surface area contributed by atoms with E-state index >= 15 is 0 Å². The molecule has 2 heterocycles. The molecule has 0 spiro atoms. The van der Waals surface area contributed by atoms with Crippen molar-refractivity contribution in [2.75, 3.05) is 13.1 Å². The predicted molar refractivity (Wildman–Crippen MR) is 93.3 cm³/mol. The number of imidazole rings is 1. The molecule has 2 aromatic carbocycles. The molecule has 0 atom stereocenters. The van der Waals surface area contributed by atoms with E-state index in [-0.39, 0.29) is 5.91 Å². The van der Waals surface area contributed by atoms with Gasteiger partial charge in [0.2, 0.25) is 5.91 Å². The van der Waals surface area contributed by atoms with Gasteiger partial charge in [-0.25, -0.2) is 4.98 Å². The van der Waals surface area contributed by atoms with E-state index in [0.29, 0.717) is 18.7 Å². The lowest BCUT2D eigenvalue weighted by Gasteiger charge is -2.40. The molecule has 2 amide bonds. The first kappa shape index (κ1) is 15.3. The second kappa shape index (κ2) is 5.71. The van der Waals surface area contributed by atoms with Crippen LogP contribution in [0.1, 0.15) is 10.4 Å². The zero-order valence-electron chi connectivity index (χ0n) is 13.4. The highest BCUT2D eigenvalue weighted by Crippen LogP contribution is 2.19. The van der Waals surface area contributed by atoms with Gasteiger partial charge >= 0.3 is 0 Å². The van der Waals surface area contributed by atoms with Crippen LogP contribution in [-0.4, -0.2) is 40.0 Å². The smallest absolute Gasteiger partial charge is 0.252 e. The number of nitrogens with two attached hydrogens (primary N) is 1. The maximum absolute atomic E-state index is 12.4. The van der Waals surface area contributed by atoms with Crippen molar-refractivity contribution in [3.8, 4) is 5.69 Å². The van der Waals surface area contributed by atoms with Crippen LogP contribution in [0, 0.1) is 0 Å². The van der Waals surface area contributed by atoms with Crippen molar-refractivity contribution < 1.29 is 9.59 Å². The fourth-order valence-corrected chi connectivity index (χ4v) is 2.93. The van der Waals surface area contributed by atoms with Gasteiger partial charge in [-0.05, 0) is 36.4 Å². The second-order valence-electron chi connectivity index (χ2n) is 6.15. The summed E-state index contributed by atoms with van der Waals surface area (Å²) in [5, 5.41) is 5.69. The molecule has 0 bridgehead atoms. The zero-order valence-corrected chi connectivity index (χ0v) is 13.4. The molecule has 7 nitrogen and oxygen atoms in total. The third kappa shape index (κ3) is 2.54. The molecule has 4 N–H and O–H groups in total. The van der Waals surface area contributed by atoms with E-state index in [9.17, 15) is 9.59 Å². The lowest BCUT2D eigenvalue weighted by atomic mass is 9.91. The fourth-order valence-electron chi connectivity index (χ4n) is 2.93. The molecule has 4 rings (SSSR count). The molecule has 0 unspecified atom stereocenters. The summed E-state index contributed by atoms with van der Waals surface area (Å²) in [4.78, 5) is 28.3. The highest BCUT2D eigenvalue weighted by molar-refractivity contribution is 5.99. The largest absolute Gasteiger partial charge is 0.368 e. The Hall–Kier alpha value is -3.19. The quantitative estimate of drug-likeness (QED) is 0.649. The summed E-state index contributed by atoms with van der Waals surface area (Å²) in [6.45, 7) is 0.709. The van der Waals surface area contributed by atoms with E-state index in [1.807, 2.05) is 41.0 Å². The third-order valence-electron chi connectivity index (χ3n) is 4.54. The monoisotopic (exact) mass is 335 g/mol. The first-order valence-corrected chi connectivity index (χ1v) is 7.95. The number of para-hydroxylation sites is 2. The maximum Gasteiger partial charge on any atom is 0.252 e. The van der Waals surface area contributed by atoms with Gasteiger partial charge in [-0.15, -0.1) is 0 Å². The zero-order chi connectivity index (χ0) is 17.4. The van der Waals surface area contributed by atoms with Gasteiger partial charge in [-0.1, -0.05) is 12.1 Å². The summed E-state index contributed by atoms with van der Waals surface area (Å²) in [6, 6.07) is 15.0. The first-order chi connectivity index (χ1) is 12.1. The van der Waals surface area contributed by atoms with Crippen LogP contribution in [0.2, 0.25) is 0 Å². The van der Waals surface area contributed by atoms with E-state index in [1.165, 1.54) is 0 Å². The molecule has 0 radical (unpaired) electrons. The standard InChI is InChI=1S/C18H17N5O2/c19-17(25)18(9-20-10-18)22-16(24)12-5-7-13(8-6-12)23-11-21-14-3-1-2-4-15(14)23/h1-8,11,20H,9-10H2,(H2,19,25)(H,22,24). The van der Waals surface area contributed by atoms with E-state index in [2.05, 4.69) is 15.6 Å². The van der Waals surface area contributed by atoms with E-state index in [1.54, 1.807) is 18.5 Å². The lowest BCUT2D eigenvalue weighted by Crippen LogP contribution is -2.74. The van der Waals surface area contributed by atoms with Crippen LogP contribution < -0.4 is 16.4 Å². The van der Waals surface area contributed by atoms with Crippen LogP contribution in [0.15, 0.2) is 54.9 Å². The van der Waals surface area contributed by atoms with E-state index in [4.69, 9.17) is 5.73 Å². The molecule has 1 saturated heterocycles. The normalized spacial score (nSPS) is 15.5. The van der Waals surface area contributed by atoms with Gasteiger partial charge in [-0.3, -0.25) is 14.2 Å². The average Bonchev–Trinajstić information content (AvgIpc) is 3.02. The Morgan fingerprint density at radius 2 is 1.84 bits per heavy atom. The molecule has 25 heavy (non-hydrogen) atoms. The molecule has 0 aliphatic carbocycles. The van der Waals surface area contributed by atoms with Crippen molar-refractivity contribution in [3.63, 3.8) is 0 Å². The SMILES string of the molecule is NC(=O)C1(NC(=O)c2ccc(-n3cnc4ccccc43)cc2)CNC1. The van der Waals surface area contributed by atoms with Crippen molar-refractivity contribution in [2.24, 2.45) is 5.73 Å². The summed E-state index contributed by atoms with van der Waals surface area (Å²) < 4.78 is 1.96. The van der Waals surface area contributed by atoms with Crippen LogP contribution >= 0.6 is 0 Å². The molecular weight excluding hydrogens is 318 g/mol. The molecule has 1 fully saturated rings. The summed E-state index contributed by atoms with van der Waals surface area (Å²) in [5.74, 6) is -0.844. The number of amides is 2. The maximum atomic E-state index is 12.4. The number of fused-ring (bicyclic) bond motifs is 1. The Labute approximate surface area is 143 Å². The number of hydrogen-bond acceptors (Lipinski definition) is 4. The highest BCUT2D eigenvalue weighted by Gasteiger charge is 2.44. The Bertz CT molecular complexity index is 957. The lowest BCUT2D eigenvalue weighted by molar-refractivity contribution is -0.125. The minimum absolute atomic E-state index is 0.317. The van der Waals surface area contributed by atoms with Crippen molar-refractivity contribution in [3.05, 3.63) is 60.4 Å².